The minimum absolute atomic E-state index is 0.0200. The first kappa shape index (κ1) is 12.0. The van der Waals surface area contributed by atoms with Crippen LogP contribution in [0.4, 0.5) is 8.78 Å². The van der Waals surface area contributed by atoms with Crippen molar-refractivity contribution < 1.29 is 8.78 Å². The SMILES string of the molecule is CC(C)(N)CC(F)(F)c1c[nH]c2ccccc12. The smallest absolute Gasteiger partial charge is 0.277 e. The summed E-state index contributed by atoms with van der Waals surface area (Å²) < 4.78 is 28.2. The summed E-state index contributed by atoms with van der Waals surface area (Å²) in [6.45, 7) is 3.21. The summed E-state index contributed by atoms with van der Waals surface area (Å²) in [5, 5.41) is 0.557. The molecule has 1 heterocycles. The fourth-order valence-electron chi connectivity index (χ4n) is 2.04. The van der Waals surface area contributed by atoms with Gasteiger partial charge < -0.3 is 10.7 Å². The summed E-state index contributed by atoms with van der Waals surface area (Å²) in [7, 11) is 0. The third kappa shape index (κ3) is 2.47. The fourth-order valence-corrected chi connectivity index (χ4v) is 2.04. The van der Waals surface area contributed by atoms with Gasteiger partial charge in [-0.25, -0.2) is 8.78 Å². The Kier molecular flexibility index (Phi) is 2.70. The molecule has 0 saturated heterocycles. The van der Waals surface area contributed by atoms with Crippen LogP contribution in [0.25, 0.3) is 10.9 Å². The van der Waals surface area contributed by atoms with Crippen LogP contribution in [-0.2, 0) is 5.92 Å². The largest absolute Gasteiger partial charge is 0.361 e. The maximum Gasteiger partial charge on any atom is 0.277 e. The highest BCUT2D eigenvalue weighted by Gasteiger charge is 2.38. The molecule has 0 aliphatic rings. The van der Waals surface area contributed by atoms with Gasteiger partial charge in [0.1, 0.15) is 0 Å². The monoisotopic (exact) mass is 238 g/mol. The van der Waals surface area contributed by atoms with E-state index in [-0.39, 0.29) is 12.0 Å². The lowest BCUT2D eigenvalue weighted by molar-refractivity contribution is -0.0281. The van der Waals surface area contributed by atoms with Gasteiger partial charge in [0.05, 0.1) is 0 Å². The molecule has 92 valence electrons. The first-order chi connectivity index (χ1) is 7.80. The van der Waals surface area contributed by atoms with Gasteiger partial charge in [-0.1, -0.05) is 18.2 Å². The molecular formula is C13H16F2N2. The van der Waals surface area contributed by atoms with E-state index < -0.39 is 11.5 Å². The number of fused-ring (bicyclic) bond motifs is 1. The zero-order chi connectivity index (χ0) is 12.7. The zero-order valence-corrected chi connectivity index (χ0v) is 9.93. The number of hydrogen-bond donors (Lipinski definition) is 2. The van der Waals surface area contributed by atoms with Gasteiger partial charge in [-0.3, -0.25) is 0 Å². The molecule has 2 aromatic rings. The van der Waals surface area contributed by atoms with Crippen molar-refractivity contribution in [3.8, 4) is 0 Å². The van der Waals surface area contributed by atoms with E-state index in [0.29, 0.717) is 5.39 Å². The molecule has 4 heteroatoms. The Morgan fingerprint density at radius 2 is 1.88 bits per heavy atom. The molecule has 0 aliphatic carbocycles. The van der Waals surface area contributed by atoms with Crippen LogP contribution in [0.2, 0.25) is 0 Å². The topological polar surface area (TPSA) is 41.8 Å². The van der Waals surface area contributed by atoms with Crippen LogP contribution in [0.5, 0.6) is 0 Å². The molecule has 3 N–H and O–H groups in total. The van der Waals surface area contributed by atoms with Gasteiger partial charge in [-0.2, -0.15) is 0 Å². The number of para-hydroxylation sites is 1. The van der Waals surface area contributed by atoms with Crippen molar-refractivity contribution in [2.75, 3.05) is 0 Å². The van der Waals surface area contributed by atoms with Gasteiger partial charge >= 0.3 is 0 Å². The second-order valence-electron chi connectivity index (χ2n) is 5.12. The molecular weight excluding hydrogens is 222 g/mol. The molecule has 17 heavy (non-hydrogen) atoms. The third-order valence-electron chi connectivity index (χ3n) is 2.66. The second kappa shape index (κ2) is 3.81. The molecule has 1 aromatic heterocycles. The Morgan fingerprint density at radius 1 is 1.24 bits per heavy atom. The van der Waals surface area contributed by atoms with E-state index in [1.54, 1.807) is 32.0 Å². The summed E-state index contributed by atoms with van der Waals surface area (Å²) >= 11 is 0. The number of H-pyrrole nitrogens is 1. The van der Waals surface area contributed by atoms with Crippen molar-refractivity contribution in [1.82, 2.24) is 4.98 Å². The Balaban J connectivity index is 2.45. The summed E-state index contributed by atoms with van der Waals surface area (Å²) in [5.74, 6) is -2.92. The van der Waals surface area contributed by atoms with Crippen molar-refractivity contribution in [1.29, 1.82) is 0 Å². The average molecular weight is 238 g/mol. The third-order valence-corrected chi connectivity index (χ3v) is 2.66. The van der Waals surface area contributed by atoms with Crippen molar-refractivity contribution in [3.63, 3.8) is 0 Å². The van der Waals surface area contributed by atoms with Crippen molar-refractivity contribution in [3.05, 3.63) is 36.0 Å². The molecule has 2 nitrogen and oxygen atoms in total. The predicted molar refractivity (Wildman–Crippen MR) is 65.1 cm³/mol. The minimum atomic E-state index is -2.92. The summed E-state index contributed by atoms with van der Waals surface area (Å²) in [5.41, 5.74) is 5.52. The molecule has 1 aromatic carbocycles. The number of benzene rings is 1. The number of hydrogen-bond acceptors (Lipinski definition) is 1. The van der Waals surface area contributed by atoms with Crippen molar-refractivity contribution in [2.45, 2.75) is 31.7 Å². The maximum atomic E-state index is 14.1. The lowest BCUT2D eigenvalue weighted by Crippen LogP contribution is -2.37. The van der Waals surface area contributed by atoms with E-state index in [1.165, 1.54) is 6.20 Å². The van der Waals surface area contributed by atoms with Gasteiger partial charge in [0, 0.05) is 34.6 Å². The van der Waals surface area contributed by atoms with Crippen molar-refractivity contribution in [2.24, 2.45) is 5.73 Å². The molecule has 0 saturated carbocycles. The maximum absolute atomic E-state index is 14.1. The highest BCUT2D eigenvalue weighted by atomic mass is 19.3. The van der Waals surface area contributed by atoms with Crippen LogP contribution in [0.3, 0.4) is 0 Å². The van der Waals surface area contributed by atoms with E-state index in [0.717, 1.165) is 5.52 Å². The van der Waals surface area contributed by atoms with Crippen LogP contribution < -0.4 is 5.73 Å². The van der Waals surface area contributed by atoms with Crippen LogP contribution in [0, 0.1) is 0 Å². The first-order valence-corrected chi connectivity index (χ1v) is 5.53. The van der Waals surface area contributed by atoms with Gasteiger partial charge in [-0.05, 0) is 19.9 Å². The van der Waals surface area contributed by atoms with E-state index in [4.69, 9.17) is 5.73 Å². The number of halogens is 2. The first-order valence-electron chi connectivity index (χ1n) is 5.53. The lowest BCUT2D eigenvalue weighted by Gasteiger charge is -2.25. The Hall–Kier alpha value is -1.42. The second-order valence-corrected chi connectivity index (χ2v) is 5.12. The molecule has 0 bridgehead atoms. The Bertz CT molecular complexity index is 523. The molecule has 0 amide bonds. The van der Waals surface area contributed by atoms with Gasteiger partial charge in [0.15, 0.2) is 0 Å². The summed E-state index contributed by atoms with van der Waals surface area (Å²) in [4.78, 5) is 2.86. The molecule has 2 rings (SSSR count). The van der Waals surface area contributed by atoms with Crippen LogP contribution in [0.1, 0.15) is 25.8 Å². The van der Waals surface area contributed by atoms with E-state index in [2.05, 4.69) is 4.98 Å². The van der Waals surface area contributed by atoms with Crippen LogP contribution in [0.15, 0.2) is 30.5 Å². The number of alkyl halides is 2. The van der Waals surface area contributed by atoms with E-state index >= 15 is 0 Å². The summed E-state index contributed by atoms with van der Waals surface area (Å²) in [6.07, 6.45) is 0.998. The standard InChI is InChI=1S/C13H16F2N2/c1-12(2,16)8-13(14,15)10-7-17-11-6-4-3-5-9(10)11/h3-7,17H,8,16H2,1-2H3. The van der Waals surface area contributed by atoms with Crippen LogP contribution in [-0.4, -0.2) is 10.5 Å². The van der Waals surface area contributed by atoms with Gasteiger partial charge in [0.2, 0.25) is 0 Å². The predicted octanol–water partition coefficient (Wildman–Crippen LogP) is 3.39. The Morgan fingerprint density at radius 3 is 2.53 bits per heavy atom. The molecule has 0 fully saturated rings. The van der Waals surface area contributed by atoms with Gasteiger partial charge in [-0.15, -0.1) is 0 Å². The number of nitrogens with two attached hydrogens (primary N) is 1. The molecule has 0 aliphatic heterocycles. The molecule has 0 unspecified atom stereocenters. The van der Waals surface area contributed by atoms with E-state index in [9.17, 15) is 8.78 Å². The van der Waals surface area contributed by atoms with Gasteiger partial charge in [0.25, 0.3) is 5.92 Å². The average Bonchev–Trinajstić information content (AvgIpc) is 2.57. The zero-order valence-electron chi connectivity index (χ0n) is 9.93. The van der Waals surface area contributed by atoms with E-state index in [1.807, 2.05) is 6.07 Å². The highest BCUT2D eigenvalue weighted by Crippen LogP contribution is 2.38. The summed E-state index contributed by atoms with van der Waals surface area (Å²) in [6, 6.07) is 7.04. The van der Waals surface area contributed by atoms with Crippen LogP contribution >= 0.6 is 0 Å². The fraction of sp³-hybridized carbons (Fsp3) is 0.385. The quantitative estimate of drug-likeness (QED) is 0.845. The normalized spacial score (nSPS) is 13.2. The number of nitrogens with one attached hydrogen (secondary N) is 1. The van der Waals surface area contributed by atoms with Crippen molar-refractivity contribution >= 4 is 10.9 Å². The Labute approximate surface area is 98.8 Å². The number of aromatic amines is 1. The molecule has 0 atom stereocenters. The minimum Gasteiger partial charge on any atom is -0.361 e. The number of aromatic nitrogens is 1. The highest BCUT2D eigenvalue weighted by molar-refractivity contribution is 5.83. The molecule has 0 spiro atoms. The number of rotatable bonds is 3. The lowest BCUT2D eigenvalue weighted by atomic mass is 9.93. The molecule has 0 radical (unpaired) electrons.